The first-order valence-corrected chi connectivity index (χ1v) is 8.80. The van der Waals surface area contributed by atoms with Crippen LogP contribution >= 0.6 is 11.3 Å². The van der Waals surface area contributed by atoms with Crippen LogP contribution in [0.5, 0.6) is 0 Å². The summed E-state index contributed by atoms with van der Waals surface area (Å²) in [5.41, 5.74) is 3.58. The molecule has 0 aliphatic carbocycles. The fraction of sp³-hybridized carbons (Fsp3) is 0.105. The second-order valence-corrected chi connectivity index (χ2v) is 6.71. The summed E-state index contributed by atoms with van der Waals surface area (Å²) in [5, 5.41) is 9.72. The number of carbonyl (C=O) groups is 1. The molecule has 2 aromatic heterocycles. The lowest BCUT2D eigenvalue weighted by atomic mass is 10.1. The van der Waals surface area contributed by atoms with Crippen molar-refractivity contribution >= 4 is 28.1 Å². The molecule has 1 amide bonds. The number of H-pyrrole nitrogens is 1. The summed E-state index contributed by atoms with van der Waals surface area (Å²) in [4.78, 5) is 17.5. The molecule has 4 aromatic rings. The summed E-state index contributed by atoms with van der Waals surface area (Å²) in [7, 11) is 0. The Labute approximate surface area is 148 Å². The number of nitrogens with zero attached hydrogens (tertiary/aromatic N) is 3. The number of aryl methyl sites for hydroxylation is 1. The van der Waals surface area contributed by atoms with E-state index in [1.807, 2.05) is 40.4 Å². The first-order chi connectivity index (χ1) is 12.2. The van der Waals surface area contributed by atoms with E-state index in [4.69, 9.17) is 0 Å². The number of nitrogens with one attached hydrogen (secondary N) is 1. The molecule has 0 saturated heterocycles. The van der Waals surface area contributed by atoms with Gasteiger partial charge in [0.05, 0.1) is 5.52 Å². The van der Waals surface area contributed by atoms with Crippen LogP contribution in [-0.4, -0.2) is 20.7 Å². The molecular formula is C19H16N4OS. The smallest absolute Gasteiger partial charge is 0.300 e. The van der Waals surface area contributed by atoms with Crippen LogP contribution in [0.2, 0.25) is 0 Å². The van der Waals surface area contributed by atoms with Crippen LogP contribution in [0.15, 0.2) is 65.1 Å². The van der Waals surface area contributed by atoms with Gasteiger partial charge in [-0.3, -0.25) is 9.89 Å². The van der Waals surface area contributed by atoms with E-state index in [-0.39, 0.29) is 5.91 Å². The fourth-order valence-corrected chi connectivity index (χ4v) is 3.39. The van der Waals surface area contributed by atoms with Crippen molar-refractivity contribution in [1.29, 1.82) is 0 Å². The molecule has 124 valence electrons. The van der Waals surface area contributed by atoms with Crippen LogP contribution in [-0.2, 0) is 6.54 Å². The van der Waals surface area contributed by atoms with Crippen molar-refractivity contribution in [3.05, 3.63) is 81.7 Å². The molecule has 5 nitrogen and oxygen atoms in total. The van der Waals surface area contributed by atoms with Crippen LogP contribution in [0.3, 0.4) is 0 Å². The number of hydrogen-bond acceptors (Lipinski definition) is 3. The molecule has 0 fully saturated rings. The summed E-state index contributed by atoms with van der Waals surface area (Å²) in [6.07, 6.45) is 1.94. The van der Waals surface area contributed by atoms with E-state index in [0.717, 1.165) is 10.9 Å². The fourth-order valence-electron chi connectivity index (χ4n) is 2.66. The normalized spacial score (nSPS) is 12.0. The second kappa shape index (κ2) is 6.49. The van der Waals surface area contributed by atoms with Gasteiger partial charge in [-0.2, -0.15) is 10.1 Å². The highest BCUT2D eigenvalue weighted by molar-refractivity contribution is 7.07. The van der Waals surface area contributed by atoms with Gasteiger partial charge in [0.25, 0.3) is 0 Å². The zero-order chi connectivity index (χ0) is 17.2. The average molecular weight is 348 g/mol. The predicted octanol–water partition coefficient (Wildman–Crippen LogP) is 3.52. The average Bonchev–Trinajstić information content (AvgIpc) is 3.24. The van der Waals surface area contributed by atoms with E-state index in [0.29, 0.717) is 17.0 Å². The highest BCUT2D eigenvalue weighted by Gasteiger charge is 2.13. The Kier molecular flexibility index (Phi) is 4.03. The lowest BCUT2D eigenvalue weighted by molar-refractivity contribution is 0.0994. The number of para-hydroxylation sites is 1. The Morgan fingerprint density at radius 3 is 2.84 bits per heavy atom. The van der Waals surface area contributed by atoms with Gasteiger partial charge in [0, 0.05) is 23.5 Å². The molecule has 2 heterocycles. The predicted molar refractivity (Wildman–Crippen MR) is 98.6 cm³/mol. The lowest BCUT2D eigenvalue weighted by Crippen LogP contribution is -2.17. The summed E-state index contributed by atoms with van der Waals surface area (Å²) in [6, 6.07) is 15.9. The number of rotatable bonds is 3. The van der Waals surface area contributed by atoms with Gasteiger partial charge in [-0.05, 0) is 18.6 Å². The standard InChI is InChI=1S/C19H16N4OS/c1-13-6-8-14(9-7-13)12-23-10-11-25-19(23)20-18(24)17-15-4-2-3-5-16(15)21-22-17/h2-11H,12H2,1H3,(H,21,22). The van der Waals surface area contributed by atoms with Crippen molar-refractivity contribution < 1.29 is 4.79 Å². The Balaban J connectivity index is 1.67. The molecule has 0 aliphatic rings. The summed E-state index contributed by atoms with van der Waals surface area (Å²) in [6.45, 7) is 2.74. The maximum Gasteiger partial charge on any atom is 0.300 e. The second-order valence-electron chi connectivity index (χ2n) is 5.83. The van der Waals surface area contributed by atoms with Gasteiger partial charge in [0.1, 0.15) is 0 Å². The minimum absolute atomic E-state index is 0.336. The monoisotopic (exact) mass is 348 g/mol. The van der Waals surface area contributed by atoms with Gasteiger partial charge >= 0.3 is 5.91 Å². The molecule has 6 heteroatoms. The van der Waals surface area contributed by atoms with E-state index in [2.05, 4.69) is 46.4 Å². The number of aromatic amines is 1. The number of hydrogen-bond donors (Lipinski definition) is 1. The molecule has 4 rings (SSSR count). The van der Waals surface area contributed by atoms with Gasteiger partial charge in [-0.1, -0.05) is 48.0 Å². The maximum absolute atomic E-state index is 12.6. The maximum atomic E-state index is 12.6. The van der Waals surface area contributed by atoms with E-state index >= 15 is 0 Å². The van der Waals surface area contributed by atoms with Crippen molar-refractivity contribution in [1.82, 2.24) is 14.8 Å². The third-order valence-electron chi connectivity index (χ3n) is 4.00. The third kappa shape index (κ3) is 3.16. The molecule has 0 bridgehead atoms. The highest BCUT2D eigenvalue weighted by atomic mass is 32.1. The molecular weight excluding hydrogens is 332 g/mol. The summed E-state index contributed by atoms with van der Waals surface area (Å²) in [5.74, 6) is -0.336. The number of benzene rings is 2. The molecule has 1 N–H and O–H groups in total. The molecule has 0 unspecified atom stereocenters. The van der Waals surface area contributed by atoms with Crippen LogP contribution < -0.4 is 4.80 Å². The zero-order valence-electron chi connectivity index (χ0n) is 13.6. The van der Waals surface area contributed by atoms with E-state index in [1.165, 1.54) is 22.5 Å². The van der Waals surface area contributed by atoms with Gasteiger partial charge in [0.15, 0.2) is 10.5 Å². The number of fused-ring (bicyclic) bond motifs is 1. The molecule has 0 aliphatic heterocycles. The van der Waals surface area contributed by atoms with Crippen LogP contribution in [0.25, 0.3) is 10.9 Å². The first-order valence-electron chi connectivity index (χ1n) is 7.92. The third-order valence-corrected chi connectivity index (χ3v) is 4.80. The van der Waals surface area contributed by atoms with Gasteiger partial charge in [-0.15, -0.1) is 11.3 Å². The molecule has 0 atom stereocenters. The number of carbonyl (C=O) groups excluding carboxylic acids is 1. The first kappa shape index (κ1) is 15.5. The highest BCUT2D eigenvalue weighted by Crippen LogP contribution is 2.15. The van der Waals surface area contributed by atoms with Gasteiger partial charge in [0.2, 0.25) is 0 Å². The molecule has 0 radical (unpaired) electrons. The van der Waals surface area contributed by atoms with Crippen molar-refractivity contribution in [2.24, 2.45) is 4.99 Å². The summed E-state index contributed by atoms with van der Waals surface area (Å²) >= 11 is 1.44. The topological polar surface area (TPSA) is 63.0 Å². The van der Waals surface area contributed by atoms with Crippen molar-refractivity contribution in [3.63, 3.8) is 0 Å². The Hall–Kier alpha value is -2.99. The quantitative estimate of drug-likeness (QED) is 0.616. The van der Waals surface area contributed by atoms with E-state index in [1.54, 1.807) is 0 Å². The van der Waals surface area contributed by atoms with Gasteiger partial charge < -0.3 is 4.57 Å². The van der Waals surface area contributed by atoms with Crippen LogP contribution in [0.1, 0.15) is 21.6 Å². The van der Waals surface area contributed by atoms with E-state index in [9.17, 15) is 4.79 Å². The SMILES string of the molecule is Cc1ccc(Cn2ccsc2=NC(=O)c2n[nH]c3ccccc23)cc1. The Morgan fingerprint density at radius 1 is 1.20 bits per heavy atom. The van der Waals surface area contributed by atoms with Crippen molar-refractivity contribution in [2.75, 3.05) is 0 Å². The number of amides is 1. The Bertz CT molecular complexity index is 1100. The van der Waals surface area contributed by atoms with Crippen LogP contribution in [0.4, 0.5) is 0 Å². The van der Waals surface area contributed by atoms with Gasteiger partial charge in [-0.25, -0.2) is 0 Å². The minimum Gasteiger partial charge on any atom is -0.319 e. The van der Waals surface area contributed by atoms with E-state index < -0.39 is 0 Å². The molecule has 0 spiro atoms. The number of thiazole rings is 1. The Morgan fingerprint density at radius 2 is 2.00 bits per heavy atom. The molecule has 0 saturated carbocycles. The lowest BCUT2D eigenvalue weighted by Gasteiger charge is -2.03. The number of aromatic nitrogens is 3. The van der Waals surface area contributed by atoms with Crippen molar-refractivity contribution in [3.8, 4) is 0 Å². The minimum atomic E-state index is -0.336. The summed E-state index contributed by atoms with van der Waals surface area (Å²) < 4.78 is 1.97. The zero-order valence-corrected chi connectivity index (χ0v) is 14.5. The van der Waals surface area contributed by atoms with Crippen molar-refractivity contribution in [2.45, 2.75) is 13.5 Å². The molecule has 2 aromatic carbocycles. The molecule has 25 heavy (non-hydrogen) atoms. The van der Waals surface area contributed by atoms with Crippen LogP contribution in [0, 0.1) is 6.92 Å². The largest absolute Gasteiger partial charge is 0.319 e.